The third-order valence-corrected chi connectivity index (χ3v) is 4.57. The Kier molecular flexibility index (Phi) is 4.18. The average Bonchev–Trinajstić information content (AvgIpc) is 3.33. The van der Waals surface area contributed by atoms with Crippen LogP contribution in [0.2, 0.25) is 5.02 Å². The summed E-state index contributed by atoms with van der Waals surface area (Å²) in [6, 6.07) is 12.1. The van der Waals surface area contributed by atoms with Crippen LogP contribution in [0.3, 0.4) is 0 Å². The number of aromatic hydroxyl groups is 2. The molecule has 0 bridgehead atoms. The molecule has 1 aliphatic rings. The molecule has 23 heavy (non-hydrogen) atoms. The number of phenolic OH excluding ortho intramolecular Hbond substituents is 2. The standard InChI is InChI=1S/C18H18ClNO3/c19-14-4-2-13(3-5-14)18(8-9-18)17(23)20-10-7-12-1-6-15(21)16(22)11-12/h1-6,11,21-22H,7-10H2,(H,20,23). The number of amides is 1. The highest BCUT2D eigenvalue weighted by atomic mass is 35.5. The molecule has 2 aromatic carbocycles. The van der Waals surface area contributed by atoms with Gasteiger partial charge < -0.3 is 15.5 Å². The molecule has 0 aromatic heterocycles. The Hall–Kier alpha value is -2.20. The summed E-state index contributed by atoms with van der Waals surface area (Å²) in [5, 5.41) is 22.4. The van der Waals surface area contributed by atoms with Crippen LogP contribution in [0.4, 0.5) is 0 Å². The summed E-state index contributed by atoms with van der Waals surface area (Å²) in [5.74, 6) is -0.256. The number of nitrogens with one attached hydrogen (secondary N) is 1. The van der Waals surface area contributed by atoms with E-state index in [0.29, 0.717) is 18.0 Å². The minimum absolute atomic E-state index is 0.0304. The summed E-state index contributed by atoms with van der Waals surface area (Å²) in [5.41, 5.74) is 1.44. The van der Waals surface area contributed by atoms with Gasteiger partial charge in [-0.3, -0.25) is 4.79 Å². The molecule has 5 heteroatoms. The Morgan fingerprint density at radius 2 is 1.78 bits per heavy atom. The highest BCUT2D eigenvalue weighted by Gasteiger charge is 2.50. The Morgan fingerprint density at radius 1 is 1.09 bits per heavy atom. The summed E-state index contributed by atoms with van der Waals surface area (Å²) < 4.78 is 0. The molecular formula is C18H18ClNO3. The fourth-order valence-corrected chi connectivity index (χ4v) is 2.88. The minimum Gasteiger partial charge on any atom is -0.504 e. The second kappa shape index (κ2) is 6.13. The Morgan fingerprint density at radius 3 is 2.39 bits per heavy atom. The lowest BCUT2D eigenvalue weighted by Gasteiger charge is -2.16. The summed E-state index contributed by atoms with van der Waals surface area (Å²) in [6.45, 7) is 0.485. The highest BCUT2D eigenvalue weighted by molar-refractivity contribution is 6.30. The first-order valence-electron chi connectivity index (χ1n) is 7.56. The molecule has 0 saturated heterocycles. The van der Waals surface area contributed by atoms with Crippen molar-refractivity contribution in [3.05, 3.63) is 58.6 Å². The second-order valence-corrected chi connectivity index (χ2v) is 6.35. The molecule has 3 N–H and O–H groups in total. The third-order valence-electron chi connectivity index (χ3n) is 4.32. The van der Waals surface area contributed by atoms with Gasteiger partial charge in [0.2, 0.25) is 5.91 Å². The van der Waals surface area contributed by atoms with Crippen LogP contribution in [0.15, 0.2) is 42.5 Å². The minimum atomic E-state index is -0.415. The van der Waals surface area contributed by atoms with Crippen LogP contribution in [0.5, 0.6) is 11.5 Å². The van der Waals surface area contributed by atoms with Crippen molar-refractivity contribution in [3.8, 4) is 11.5 Å². The van der Waals surface area contributed by atoms with Crippen molar-refractivity contribution in [2.75, 3.05) is 6.54 Å². The van der Waals surface area contributed by atoms with E-state index in [2.05, 4.69) is 5.32 Å². The van der Waals surface area contributed by atoms with Crippen LogP contribution in [0, 0.1) is 0 Å². The molecule has 1 saturated carbocycles. The first kappa shape index (κ1) is 15.7. The number of rotatable bonds is 5. The second-order valence-electron chi connectivity index (χ2n) is 5.92. The van der Waals surface area contributed by atoms with Crippen molar-refractivity contribution in [1.29, 1.82) is 0 Å². The van der Waals surface area contributed by atoms with Gasteiger partial charge in [0, 0.05) is 11.6 Å². The van der Waals surface area contributed by atoms with Gasteiger partial charge in [0.05, 0.1) is 5.41 Å². The fourth-order valence-electron chi connectivity index (χ4n) is 2.75. The van der Waals surface area contributed by atoms with Gasteiger partial charge in [-0.25, -0.2) is 0 Å². The van der Waals surface area contributed by atoms with Crippen LogP contribution in [0.1, 0.15) is 24.0 Å². The number of phenols is 2. The Labute approximate surface area is 139 Å². The largest absolute Gasteiger partial charge is 0.504 e. The smallest absolute Gasteiger partial charge is 0.230 e. The predicted molar refractivity (Wildman–Crippen MR) is 88.8 cm³/mol. The van der Waals surface area contributed by atoms with Gasteiger partial charge in [-0.1, -0.05) is 29.8 Å². The molecule has 0 heterocycles. The van der Waals surface area contributed by atoms with Gasteiger partial charge in [0.15, 0.2) is 11.5 Å². The SMILES string of the molecule is O=C(NCCc1ccc(O)c(O)c1)C1(c2ccc(Cl)cc2)CC1. The molecule has 120 valence electrons. The molecule has 1 aliphatic carbocycles. The van der Waals surface area contributed by atoms with Crippen molar-refractivity contribution >= 4 is 17.5 Å². The number of hydrogen-bond acceptors (Lipinski definition) is 3. The maximum Gasteiger partial charge on any atom is 0.230 e. The van der Waals surface area contributed by atoms with E-state index in [1.165, 1.54) is 12.1 Å². The first-order chi connectivity index (χ1) is 11.0. The van der Waals surface area contributed by atoms with Crippen molar-refractivity contribution < 1.29 is 15.0 Å². The van der Waals surface area contributed by atoms with E-state index in [9.17, 15) is 15.0 Å². The van der Waals surface area contributed by atoms with Crippen LogP contribution in [0.25, 0.3) is 0 Å². The summed E-state index contributed by atoms with van der Waals surface area (Å²) in [4.78, 5) is 12.5. The van der Waals surface area contributed by atoms with Crippen molar-refractivity contribution in [1.82, 2.24) is 5.32 Å². The van der Waals surface area contributed by atoms with E-state index in [1.807, 2.05) is 24.3 Å². The quantitative estimate of drug-likeness (QED) is 0.737. The molecule has 3 rings (SSSR count). The average molecular weight is 332 g/mol. The van der Waals surface area contributed by atoms with Gasteiger partial charge in [-0.2, -0.15) is 0 Å². The van der Waals surface area contributed by atoms with Crippen molar-refractivity contribution in [3.63, 3.8) is 0 Å². The van der Waals surface area contributed by atoms with Crippen LogP contribution < -0.4 is 5.32 Å². The van der Waals surface area contributed by atoms with E-state index in [1.54, 1.807) is 6.07 Å². The maximum atomic E-state index is 12.5. The third kappa shape index (κ3) is 3.27. The highest BCUT2D eigenvalue weighted by Crippen LogP contribution is 2.48. The Balaban J connectivity index is 1.59. The van der Waals surface area contributed by atoms with Crippen molar-refractivity contribution in [2.45, 2.75) is 24.7 Å². The van der Waals surface area contributed by atoms with Crippen LogP contribution in [-0.4, -0.2) is 22.7 Å². The maximum absolute atomic E-state index is 12.5. The number of carbonyl (C=O) groups excluding carboxylic acids is 1. The molecule has 2 aromatic rings. The Bertz CT molecular complexity index is 724. The van der Waals surface area contributed by atoms with Gasteiger partial charge in [0.25, 0.3) is 0 Å². The summed E-state index contributed by atoms with van der Waals surface area (Å²) >= 11 is 5.90. The van der Waals surface area contributed by atoms with Gasteiger partial charge in [0.1, 0.15) is 0 Å². The van der Waals surface area contributed by atoms with E-state index in [-0.39, 0.29) is 17.4 Å². The number of benzene rings is 2. The molecule has 4 nitrogen and oxygen atoms in total. The van der Waals surface area contributed by atoms with E-state index >= 15 is 0 Å². The normalized spacial score (nSPS) is 15.2. The predicted octanol–water partition coefficient (Wildman–Crippen LogP) is 3.14. The molecular weight excluding hydrogens is 314 g/mol. The molecule has 0 spiro atoms. The summed E-state index contributed by atoms with van der Waals surface area (Å²) in [6.07, 6.45) is 2.29. The zero-order valence-corrected chi connectivity index (χ0v) is 13.3. The van der Waals surface area contributed by atoms with E-state index in [0.717, 1.165) is 24.0 Å². The zero-order valence-electron chi connectivity index (χ0n) is 12.6. The first-order valence-corrected chi connectivity index (χ1v) is 7.94. The lowest BCUT2D eigenvalue weighted by Crippen LogP contribution is -2.35. The lowest BCUT2D eigenvalue weighted by atomic mass is 9.95. The molecule has 0 aliphatic heterocycles. The van der Waals surface area contributed by atoms with E-state index in [4.69, 9.17) is 11.6 Å². The number of carbonyl (C=O) groups is 1. The van der Waals surface area contributed by atoms with E-state index < -0.39 is 5.41 Å². The van der Waals surface area contributed by atoms with Gasteiger partial charge >= 0.3 is 0 Å². The molecule has 0 atom stereocenters. The van der Waals surface area contributed by atoms with Gasteiger partial charge in [-0.05, 0) is 54.7 Å². The van der Waals surface area contributed by atoms with Crippen LogP contribution >= 0.6 is 11.6 Å². The van der Waals surface area contributed by atoms with Crippen molar-refractivity contribution in [2.24, 2.45) is 0 Å². The number of halogens is 1. The molecule has 0 unspecified atom stereocenters. The summed E-state index contributed by atoms with van der Waals surface area (Å²) in [7, 11) is 0. The van der Waals surface area contributed by atoms with Gasteiger partial charge in [-0.15, -0.1) is 0 Å². The zero-order chi connectivity index (χ0) is 16.4. The molecule has 1 amide bonds. The monoisotopic (exact) mass is 331 g/mol. The topological polar surface area (TPSA) is 69.6 Å². The molecule has 1 fully saturated rings. The van der Waals surface area contributed by atoms with Crippen LogP contribution in [-0.2, 0) is 16.6 Å². The fraction of sp³-hybridized carbons (Fsp3) is 0.278. The number of hydrogen-bond donors (Lipinski definition) is 3. The lowest BCUT2D eigenvalue weighted by molar-refractivity contribution is -0.123. The molecule has 0 radical (unpaired) electrons.